The Bertz CT molecular complexity index is 371. The zero-order valence-corrected chi connectivity index (χ0v) is 12.4. The number of rotatable bonds is 8. The molecule has 1 fully saturated rings. The molecule has 1 N–H and O–H groups in total. The normalized spacial score (nSPS) is 24.2. The minimum atomic E-state index is 0.533. The SMILES string of the molecule is CCOC1CC(CC(CCc2cnn(C)c2)NC)C1. The predicted molar refractivity (Wildman–Crippen MR) is 77.1 cm³/mol. The lowest BCUT2D eigenvalue weighted by molar-refractivity contribution is -0.0290. The topological polar surface area (TPSA) is 39.1 Å². The third-order valence-corrected chi connectivity index (χ3v) is 4.16. The van der Waals surface area contributed by atoms with E-state index in [1.807, 2.05) is 17.9 Å². The second kappa shape index (κ2) is 7.06. The smallest absolute Gasteiger partial charge is 0.0580 e. The highest BCUT2D eigenvalue weighted by Crippen LogP contribution is 2.34. The number of ether oxygens (including phenoxy) is 1. The molecule has 0 saturated heterocycles. The number of nitrogens with one attached hydrogen (secondary N) is 1. The zero-order chi connectivity index (χ0) is 13.7. The first-order valence-corrected chi connectivity index (χ1v) is 7.47. The minimum Gasteiger partial charge on any atom is -0.378 e. The van der Waals surface area contributed by atoms with Gasteiger partial charge in [0.15, 0.2) is 0 Å². The quantitative estimate of drug-likeness (QED) is 0.783. The summed E-state index contributed by atoms with van der Waals surface area (Å²) in [6.45, 7) is 2.94. The van der Waals surface area contributed by atoms with Crippen LogP contribution in [0.1, 0.15) is 38.2 Å². The lowest BCUT2D eigenvalue weighted by atomic mass is 9.77. The van der Waals surface area contributed by atoms with Crippen LogP contribution < -0.4 is 5.32 Å². The van der Waals surface area contributed by atoms with Gasteiger partial charge in [-0.3, -0.25) is 4.68 Å². The molecule has 0 aliphatic heterocycles. The van der Waals surface area contributed by atoms with Gasteiger partial charge in [0.1, 0.15) is 0 Å². The van der Waals surface area contributed by atoms with Gasteiger partial charge in [0.2, 0.25) is 0 Å². The Balaban J connectivity index is 1.66. The average molecular weight is 265 g/mol. The molecule has 1 saturated carbocycles. The minimum absolute atomic E-state index is 0.533. The van der Waals surface area contributed by atoms with Crippen LogP contribution in [0.15, 0.2) is 12.4 Å². The summed E-state index contributed by atoms with van der Waals surface area (Å²) in [7, 11) is 4.05. The molecule has 1 aliphatic rings. The Kier molecular flexibility index (Phi) is 5.40. The van der Waals surface area contributed by atoms with Crippen LogP contribution in [0, 0.1) is 5.92 Å². The fourth-order valence-corrected chi connectivity index (χ4v) is 2.96. The van der Waals surface area contributed by atoms with Gasteiger partial charge < -0.3 is 10.1 Å². The van der Waals surface area contributed by atoms with Crippen LogP contribution >= 0.6 is 0 Å². The van der Waals surface area contributed by atoms with Crippen LogP contribution in [-0.4, -0.2) is 35.6 Å². The summed E-state index contributed by atoms with van der Waals surface area (Å²) in [5, 5.41) is 7.68. The Morgan fingerprint density at radius 1 is 1.53 bits per heavy atom. The summed E-state index contributed by atoms with van der Waals surface area (Å²) >= 11 is 0. The van der Waals surface area contributed by atoms with Gasteiger partial charge in [-0.1, -0.05) is 0 Å². The first kappa shape index (κ1) is 14.5. The van der Waals surface area contributed by atoms with Gasteiger partial charge in [0, 0.05) is 25.9 Å². The first-order valence-electron chi connectivity index (χ1n) is 7.47. The van der Waals surface area contributed by atoms with Gasteiger partial charge in [0.05, 0.1) is 12.3 Å². The fraction of sp³-hybridized carbons (Fsp3) is 0.800. The third kappa shape index (κ3) is 4.32. The van der Waals surface area contributed by atoms with Crippen LogP contribution in [-0.2, 0) is 18.2 Å². The molecule has 1 unspecified atom stereocenters. The van der Waals surface area contributed by atoms with Gasteiger partial charge in [-0.25, -0.2) is 0 Å². The summed E-state index contributed by atoms with van der Waals surface area (Å²) in [4.78, 5) is 0. The van der Waals surface area contributed by atoms with Crippen LogP contribution in [0.3, 0.4) is 0 Å². The Morgan fingerprint density at radius 3 is 2.89 bits per heavy atom. The van der Waals surface area contributed by atoms with E-state index in [9.17, 15) is 0 Å². The summed E-state index contributed by atoms with van der Waals surface area (Å²) in [5.74, 6) is 0.850. The molecule has 1 aromatic rings. The van der Waals surface area contributed by atoms with E-state index >= 15 is 0 Å². The van der Waals surface area contributed by atoms with Crippen LogP contribution in [0.2, 0.25) is 0 Å². The van der Waals surface area contributed by atoms with Crippen molar-refractivity contribution < 1.29 is 4.74 Å². The van der Waals surface area contributed by atoms with Crippen molar-refractivity contribution in [1.82, 2.24) is 15.1 Å². The van der Waals surface area contributed by atoms with E-state index in [2.05, 4.69) is 30.6 Å². The molecule has 2 rings (SSSR count). The zero-order valence-electron chi connectivity index (χ0n) is 12.4. The van der Waals surface area contributed by atoms with Crippen LogP contribution in [0.5, 0.6) is 0 Å². The van der Waals surface area contributed by atoms with Gasteiger partial charge in [0.25, 0.3) is 0 Å². The summed E-state index contributed by atoms with van der Waals surface area (Å²) in [6.07, 6.45) is 10.7. The van der Waals surface area contributed by atoms with Crippen molar-refractivity contribution in [1.29, 1.82) is 0 Å². The lowest BCUT2D eigenvalue weighted by Crippen LogP contribution is -2.37. The first-order chi connectivity index (χ1) is 9.21. The molecular weight excluding hydrogens is 238 g/mol. The van der Waals surface area contributed by atoms with Crippen LogP contribution in [0.25, 0.3) is 0 Å². The van der Waals surface area contributed by atoms with Gasteiger partial charge in [-0.15, -0.1) is 0 Å². The van der Waals surface area contributed by atoms with Crippen molar-refractivity contribution in [3.63, 3.8) is 0 Å². The van der Waals surface area contributed by atoms with E-state index in [4.69, 9.17) is 4.74 Å². The monoisotopic (exact) mass is 265 g/mol. The maximum absolute atomic E-state index is 5.62. The molecule has 0 radical (unpaired) electrons. The van der Waals surface area contributed by atoms with Crippen molar-refractivity contribution in [2.45, 2.75) is 51.2 Å². The molecule has 19 heavy (non-hydrogen) atoms. The molecule has 0 amide bonds. The Hall–Kier alpha value is -0.870. The van der Waals surface area contributed by atoms with Crippen LogP contribution in [0.4, 0.5) is 0 Å². The molecule has 0 bridgehead atoms. The number of aromatic nitrogens is 2. The van der Waals surface area contributed by atoms with Gasteiger partial charge >= 0.3 is 0 Å². The average Bonchev–Trinajstić information content (AvgIpc) is 2.77. The van der Waals surface area contributed by atoms with Crippen molar-refractivity contribution >= 4 is 0 Å². The van der Waals surface area contributed by atoms with E-state index < -0.39 is 0 Å². The van der Waals surface area contributed by atoms with E-state index in [1.165, 1.54) is 31.2 Å². The Labute approximate surface area is 116 Å². The third-order valence-electron chi connectivity index (χ3n) is 4.16. The molecule has 108 valence electrons. The van der Waals surface area contributed by atoms with Gasteiger partial charge in [-0.2, -0.15) is 5.10 Å². The standard InChI is InChI=1S/C15H27N3O/c1-4-19-15-8-13(9-15)7-14(16-2)6-5-12-10-17-18(3)11-12/h10-11,13-16H,4-9H2,1-3H3. The van der Waals surface area contributed by atoms with E-state index in [-0.39, 0.29) is 0 Å². The van der Waals surface area contributed by atoms with E-state index in [0.29, 0.717) is 12.1 Å². The van der Waals surface area contributed by atoms with Crippen molar-refractivity contribution in [2.75, 3.05) is 13.7 Å². The molecule has 1 aromatic heterocycles. The molecule has 0 aromatic carbocycles. The highest BCUT2D eigenvalue weighted by atomic mass is 16.5. The van der Waals surface area contributed by atoms with Crippen molar-refractivity contribution in [3.05, 3.63) is 18.0 Å². The molecule has 4 heteroatoms. The van der Waals surface area contributed by atoms with Gasteiger partial charge in [-0.05, 0) is 57.6 Å². The second-order valence-electron chi connectivity index (χ2n) is 5.70. The summed E-state index contributed by atoms with van der Waals surface area (Å²) < 4.78 is 7.50. The fourth-order valence-electron chi connectivity index (χ4n) is 2.96. The Morgan fingerprint density at radius 2 is 2.32 bits per heavy atom. The lowest BCUT2D eigenvalue weighted by Gasteiger charge is -2.37. The van der Waals surface area contributed by atoms with Crippen molar-refractivity contribution in [3.8, 4) is 0 Å². The van der Waals surface area contributed by atoms with Crippen molar-refractivity contribution in [2.24, 2.45) is 13.0 Å². The molecule has 1 atom stereocenters. The summed E-state index contributed by atoms with van der Waals surface area (Å²) in [6, 6.07) is 0.618. The number of nitrogens with zero attached hydrogens (tertiary/aromatic N) is 2. The highest BCUT2D eigenvalue weighted by Gasteiger charge is 2.30. The number of aryl methyl sites for hydroxylation is 2. The van der Waals surface area contributed by atoms with E-state index in [1.54, 1.807) is 0 Å². The summed E-state index contributed by atoms with van der Waals surface area (Å²) in [5.41, 5.74) is 1.34. The molecule has 1 aliphatic carbocycles. The number of hydrogen-bond donors (Lipinski definition) is 1. The number of hydrogen-bond acceptors (Lipinski definition) is 3. The molecule has 4 nitrogen and oxygen atoms in total. The highest BCUT2D eigenvalue weighted by molar-refractivity contribution is 5.04. The predicted octanol–water partition coefficient (Wildman–Crippen LogP) is 2.15. The van der Waals surface area contributed by atoms with E-state index in [0.717, 1.165) is 18.9 Å². The second-order valence-corrected chi connectivity index (χ2v) is 5.70. The molecule has 0 spiro atoms. The maximum atomic E-state index is 5.62. The molecular formula is C15H27N3O. The molecule has 1 heterocycles. The maximum Gasteiger partial charge on any atom is 0.0580 e. The largest absolute Gasteiger partial charge is 0.378 e.